The van der Waals surface area contributed by atoms with Gasteiger partial charge in [-0.1, -0.05) is 0 Å². The third-order valence-electron chi connectivity index (χ3n) is 2.94. The van der Waals surface area contributed by atoms with Gasteiger partial charge in [0.1, 0.15) is 0 Å². The zero-order valence-electron chi connectivity index (χ0n) is 11.0. The first kappa shape index (κ1) is 14.0. The SMILES string of the molecule is Cc1ccsc1CN(C)C(=O)CCc1csc(N)n1. The molecule has 2 heterocycles. The van der Waals surface area contributed by atoms with E-state index in [1.165, 1.54) is 21.8 Å². The molecule has 19 heavy (non-hydrogen) atoms. The van der Waals surface area contributed by atoms with Crippen LogP contribution in [0.25, 0.3) is 0 Å². The van der Waals surface area contributed by atoms with E-state index in [1.807, 2.05) is 12.4 Å². The van der Waals surface area contributed by atoms with Crippen LogP contribution in [0.5, 0.6) is 0 Å². The second-order valence-electron chi connectivity index (χ2n) is 4.45. The maximum atomic E-state index is 12.0. The first-order chi connectivity index (χ1) is 9.06. The molecule has 0 bridgehead atoms. The van der Waals surface area contributed by atoms with Crippen LogP contribution in [0, 0.1) is 6.92 Å². The molecular weight excluding hydrogens is 278 g/mol. The van der Waals surface area contributed by atoms with Gasteiger partial charge in [0.25, 0.3) is 0 Å². The van der Waals surface area contributed by atoms with Crippen LogP contribution in [0.15, 0.2) is 16.8 Å². The van der Waals surface area contributed by atoms with Crippen molar-refractivity contribution in [2.75, 3.05) is 12.8 Å². The molecule has 6 heteroatoms. The van der Waals surface area contributed by atoms with Crippen LogP contribution in [0.1, 0.15) is 22.6 Å². The van der Waals surface area contributed by atoms with Crippen molar-refractivity contribution >= 4 is 33.7 Å². The fourth-order valence-corrected chi connectivity index (χ4v) is 3.29. The van der Waals surface area contributed by atoms with Gasteiger partial charge in [0, 0.05) is 23.7 Å². The van der Waals surface area contributed by atoms with E-state index in [4.69, 9.17) is 5.73 Å². The molecule has 0 saturated heterocycles. The second-order valence-corrected chi connectivity index (χ2v) is 6.34. The van der Waals surface area contributed by atoms with E-state index in [1.54, 1.807) is 16.2 Å². The molecule has 2 rings (SSSR count). The molecule has 2 N–H and O–H groups in total. The number of carbonyl (C=O) groups excluding carboxylic acids is 1. The molecule has 0 unspecified atom stereocenters. The van der Waals surface area contributed by atoms with Crippen LogP contribution in [0.4, 0.5) is 5.13 Å². The number of hydrogen-bond acceptors (Lipinski definition) is 5. The third kappa shape index (κ3) is 3.78. The summed E-state index contributed by atoms with van der Waals surface area (Å²) in [4.78, 5) is 19.2. The van der Waals surface area contributed by atoms with E-state index in [2.05, 4.69) is 23.4 Å². The van der Waals surface area contributed by atoms with Crippen molar-refractivity contribution in [2.45, 2.75) is 26.3 Å². The van der Waals surface area contributed by atoms with Gasteiger partial charge in [0.2, 0.25) is 5.91 Å². The highest BCUT2D eigenvalue weighted by Gasteiger charge is 2.12. The number of nitrogens with zero attached hydrogens (tertiary/aromatic N) is 2. The molecule has 102 valence electrons. The zero-order chi connectivity index (χ0) is 13.8. The molecule has 0 saturated carbocycles. The van der Waals surface area contributed by atoms with Crippen LogP contribution >= 0.6 is 22.7 Å². The summed E-state index contributed by atoms with van der Waals surface area (Å²) < 4.78 is 0. The summed E-state index contributed by atoms with van der Waals surface area (Å²) in [7, 11) is 1.84. The van der Waals surface area contributed by atoms with Gasteiger partial charge < -0.3 is 10.6 Å². The number of hydrogen-bond donors (Lipinski definition) is 1. The highest BCUT2D eigenvalue weighted by molar-refractivity contribution is 7.13. The van der Waals surface area contributed by atoms with Crippen molar-refractivity contribution in [3.05, 3.63) is 33.0 Å². The van der Waals surface area contributed by atoms with Gasteiger partial charge in [0.05, 0.1) is 12.2 Å². The van der Waals surface area contributed by atoms with Gasteiger partial charge in [0.15, 0.2) is 5.13 Å². The highest BCUT2D eigenvalue weighted by atomic mass is 32.1. The van der Waals surface area contributed by atoms with Crippen molar-refractivity contribution < 1.29 is 4.79 Å². The number of aryl methyl sites for hydroxylation is 2. The topological polar surface area (TPSA) is 59.2 Å². The number of amides is 1. The average Bonchev–Trinajstić information content (AvgIpc) is 2.96. The average molecular weight is 295 g/mol. The first-order valence-electron chi connectivity index (χ1n) is 6.03. The van der Waals surface area contributed by atoms with Crippen molar-refractivity contribution in [1.29, 1.82) is 0 Å². The van der Waals surface area contributed by atoms with Crippen LogP contribution in [-0.2, 0) is 17.8 Å². The Bertz CT molecular complexity index is 562. The molecule has 0 radical (unpaired) electrons. The minimum Gasteiger partial charge on any atom is -0.375 e. The van der Waals surface area contributed by atoms with Gasteiger partial charge in [-0.3, -0.25) is 4.79 Å². The van der Waals surface area contributed by atoms with Gasteiger partial charge in [-0.15, -0.1) is 22.7 Å². The summed E-state index contributed by atoms with van der Waals surface area (Å²) >= 11 is 3.11. The summed E-state index contributed by atoms with van der Waals surface area (Å²) in [6, 6.07) is 2.08. The predicted molar refractivity (Wildman–Crippen MR) is 80.4 cm³/mol. The van der Waals surface area contributed by atoms with Crippen LogP contribution in [-0.4, -0.2) is 22.8 Å². The van der Waals surface area contributed by atoms with Gasteiger partial charge in [-0.05, 0) is 30.4 Å². The molecule has 0 aliphatic heterocycles. The second kappa shape index (κ2) is 6.16. The van der Waals surface area contributed by atoms with Crippen LogP contribution < -0.4 is 5.73 Å². The number of thiazole rings is 1. The van der Waals surface area contributed by atoms with E-state index >= 15 is 0 Å². The van der Waals surface area contributed by atoms with Crippen molar-refractivity contribution in [3.63, 3.8) is 0 Å². The number of nitrogens with two attached hydrogens (primary N) is 1. The number of rotatable bonds is 5. The Morgan fingerprint density at radius 3 is 2.84 bits per heavy atom. The molecule has 0 spiro atoms. The van der Waals surface area contributed by atoms with E-state index in [9.17, 15) is 4.79 Å². The molecular formula is C13H17N3OS2. The Morgan fingerprint density at radius 1 is 1.47 bits per heavy atom. The predicted octanol–water partition coefficient (Wildman–Crippen LogP) is 2.69. The van der Waals surface area contributed by atoms with E-state index < -0.39 is 0 Å². The molecule has 1 amide bonds. The summed E-state index contributed by atoms with van der Waals surface area (Å²) in [5.74, 6) is 0.138. The molecule has 2 aromatic rings. The fourth-order valence-electron chi connectivity index (χ4n) is 1.73. The number of thiophene rings is 1. The normalized spacial score (nSPS) is 10.6. The summed E-state index contributed by atoms with van der Waals surface area (Å²) in [5.41, 5.74) is 7.71. The summed E-state index contributed by atoms with van der Waals surface area (Å²) in [6.07, 6.45) is 1.13. The molecule has 0 atom stereocenters. The van der Waals surface area contributed by atoms with Gasteiger partial charge >= 0.3 is 0 Å². The lowest BCUT2D eigenvalue weighted by molar-refractivity contribution is -0.130. The molecule has 0 aliphatic carbocycles. The lowest BCUT2D eigenvalue weighted by Crippen LogP contribution is -2.26. The van der Waals surface area contributed by atoms with E-state index in [-0.39, 0.29) is 5.91 Å². The Labute approximate surface area is 120 Å². The summed E-state index contributed by atoms with van der Waals surface area (Å²) in [5, 5.41) is 4.53. The number of nitrogen functional groups attached to an aromatic ring is 1. The Morgan fingerprint density at radius 2 is 2.26 bits per heavy atom. The number of carbonyl (C=O) groups is 1. The van der Waals surface area contributed by atoms with Crippen LogP contribution in [0.3, 0.4) is 0 Å². The van der Waals surface area contributed by atoms with E-state index in [0.717, 1.165) is 5.69 Å². The van der Waals surface area contributed by atoms with Crippen molar-refractivity contribution in [1.82, 2.24) is 9.88 Å². The molecule has 0 aliphatic rings. The van der Waals surface area contributed by atoms with Gasteiger partial charge in [-0.25, -0.2) is 4.98 Å². The minimum absolute atomic E-state index is 0.138. The Balaban J connectivity index is 1.84. The Hall–Kier alpha value is -1.40. The van der Waals surface area contributed by atoms with E-state index in [0.29, 0.717) is 24.5 Å². The molecule has 0 fully saturated rings. The first-order valence-corrected chi connectivity index (χ1v) is 7.79. The Kier molecular flexibility index (Phi) is 4.55. The lowest BCUT2D eigenvalue weighted by atomic mass is 10.2. The summed E-state index contributed by atoms with van der Waals surface area (Å²) in [6.45, 7) is 2.75. The quantitative estimate of drug-likeness (QED) is 0.922. The number of aromatic nitrogens is 1. The zero-order valence-corrected chi connectivity index (χ0v) is 12.7. The molecule has 0 aromatic carbocycles. The number of anilines is 1. The maximum Gasteiger partial charge on any atom is 0.223 e. The van der Waals surface area contributed by atoms with Crippen LogP contribution in [0.2, 0.25) is 0 Å². The monoisotopic (exact) mass is 295 g/mol. The molecule has 2 aromatic heterocycles. The smallest absolute Gasteiger partial charge is 0.223 e. The third-order valence-corrected chi connectivity index (χ3v) is 4.67. The lowest BCUT2D eigenvalue weighted by Gasteiger charge is -2.16. The maximum absolute atomic E-state index is 12.0. The standard InChI is InChI=1S/C13H17N3OS2/c1-9-5-6-18-11(9)7-16(2)12(17)4-3-10-8-19-13(14)15-10/h5-6,8H,3-4,7H2,1-2H3,(H2,14,15). The fraction of sp³-hybridized carbons (Fsp3) is 0.385. The minimum atomic E-state index is 0.138. The highest BCUT2D eigenvalue weighted by Crippen LogP contribution is 2.18. The largest absolute Gasteiger partial charge is 0.375 e. The van der Waals surface area contributed by atoms with Gasteiger partial charge in [-0.2, -0.15) is 0 Å². The van der Waals surface area contributed by atoms with Crippen molar-refractivity contribution in [2.24, 2.45) is 0 Å². The molecule has 4 nitrogen and oxygen atoms in total. The van der Waals surface area contributed by atoms with Crippen molar-refractivity contribution in [3.8, 4) is 0 Å².